The highest BCUT2D eigenvalue weighted by molar-refractivity contribution is 7.90. The van der Waals surface area contributed by atoms with Crippen molar-refractivity contribution in [3.05, 3.63) is 63.8 Å². The van der Waals surface area contributed by atoms with E-state index in [9.17, 15) is 27.9 Å². The molecule has 0 fully saturated rings. The summed E-state index contributed by atoms with van der Waals surface area (Å²) in [5, 5.41) is 10.0. The molecule has 9 heteroatoms. The Labute approximate surface area is 167 Å². The number of aliphatic hydroxyl groups is 1. The van der Waals surface area contributed by atoms with Crippen LogP contribution < -0.4 is 5.56 Å². The minimum Gasteiger partial charge on any atom is -0.511 e. The number of hydrogen-bond donors (Lipinski definition) is 1. The van der Waals surface area contributed by atoms with Gasteiger partial charge in [0, 0.05) is 37.4 Å². The summed E-state index contributed by atoms with van der Waals surface area (Å²) in [6.45, 7) is -0.199. The highest BCUT2D eigenvalue weighted by atomic mass is 32.2. The second-order valence-electron chi connectivity index (χ2n) is 6.88. The molecular formula is C20H20N2O6S. The maximum atomic E-state index is 13.1. The summed E-state index contributed by atoms with van der Waals surface area (Å²) in [6.07, 6.45) is 2.86. The maximum absolute atomic E-state index is 13.1. The van der Waals surface area contributed by atoms with Crippen molar-refractivity contribution < 1.29 is 23.1 Å². The summed E-state index contributed by atoms with van der Waals surface area (Å²) in [4.78, 5) is 42.2. The molecule has 152 valence electrons. The van der Waals surface area contributed by atoms with Crippen molar-refractivity contribution in [2.45, 2.75) is 25.8 Å². The maximum Gasteiger partial charge on any atom is 0.265 e. The molecule has 29 heavy (non-hydrogen) atoms. The third-order valence-corrected chi connectivity index (χ3v) is 5.55. The molecule has 2 aromatic rings. The molecule has 1 aromatic heterocycles. The average Bonchev–Trinajstić information content (AvgIpc) is 2.66. The number of ketones is 2. The summed E-state index contributed by atoms with van der Waals surface area (Å²) in [6, 6.07) is 8.68. The van der Waals surface area contributed by atoms with Crippen LogP contribution in [0.15, 0.2) is 52.7 Å². The van der Waals surface area contributed by atoms with Crippen molar-refractivity contribution in [3.8, 4) is 11.4 Å². The number of carbonyl (C=O) groups is 2. The molecular weight excluding hydrogens is 396 g/mol. The van der Waals surface area contributed by atoms with E-state index >= 15 is 0 Å². The van der Waals surface area contributed by atoms with E-state index in [1.165, 1.54) is 0 Å². The Morgan fingerprint density at radius 3 is 2.48 bits per heavy atom. The number of allylic oxidation sites excluding steroid dienone is 2. The smallest absolute Gasteiger partial charge is 0.265 e. The van der Waals surface area contributed by atoms with Crippen LogP contribution in [0.5, 0.6) is 0 Å². The van der Waals surface area contributed by atoms with Crippen LogP contribution in [0.1, 0.15) is 29.6 Å². The predicted octanol–water partition coefficient (Wildman–Crippen LogP) is 1.70. The van der Waals surface area contributed by atoms with Gasteiger partial charge in [-0.2, -0.15) is 0 Å². The van der Waals surface area contributed by atoms with Crippen LogP contribution in [0, 0.1) is 0 Å². The molecule has 0 saturated carbocycles. The van der Waals surface area contributed by atoms with Gasteiger partial charge in [0.05, 0.1) is 5.75 Å². The van der Waals surface area contributed by atoms with Crippen LogP contribution in [0.4, 0.5) is 0 Å². The first-order chi connectivity index (χ1) is 13.7. The molecule has 0 bridgehead atoms. The van der Waals surface area contributed by atoms with Crippen molar-refractivity contribution in [1.82, 2.24) is 9.55 Å². The number of sulfone groups is 1. The number of aromatic nitrogens is 2. The fraction of sp³-hybridized carbons (Fsp3) is 0.300. The molecule has 8 nitrogen and oxygen atoms in total. The van der Waals surface area contributed by atoms with Gasteiger partial charge in [0.1, 0.15) is 32.6 Å². The van der Waals surface area contributed by atoms with Crippen molar-refractivity contribution in [1.29, 1.82) is 0 Å². The lowest BCUT2D eigenvalue weighted by Gasteiger charge is -2.16. The van der Waals surface area contributed by atoms with Gasteiger partial charge in [-0.3, -0.25) is 19.0 Å². The Bertz CT molecular complexity index is 1160. The normalized spacial score (nSPS) is 14.9. The molecule has 0 saturated heterocycles. The number of aliphatic hydroxyl groups excluding tert-OH is 1. The minimum atomic E-state index is -3.39. The fourth-order valence-electron chi connectivity index (χ4n) is 3.15. The predicted molar refractivity (Wildman–Crippen MR) is 106 cm³/mol. The van der Waals surface area contributed by atoms with Gasteiger partial charge in [-0.1, -0.05) is 30.3 Å². The number of Topliss-reactive ketones (excluding diaryl/α,β-unsaturated/α-hetero) is 2. The van der Waals surface area contributed by atoms with Gasteiger partial charge in [-0.25, -0.2) is 13.4 Å². The zero-order valence-electron chi connectivity index (χ0n) is 15.8. The molecule has 1 aliphatic carbocycles. The Balaban J connectivity index is 2.14. The van der Waals surface area contributed by atoms with Crippen LogP contribution in [-0.4, -0.2) is 46.7 Å². The zero-order valence-corrected chi connectivity index (χ0v) is 16.6. The molecule has 0 unspecified atom stereocenters. The van der Waals surface area contributed by atoms with Crippen LogP contribution in [0.25, 0.3) is 11.4 Å². The molecule has 1 N–H and O–H groups in total. The summed E-state index contributed by atoms with van der Waals surface area (Å²) < 4.78 is 24.4. The number of carbonyl (C=O) groups excluding carboxylic acids is 2. The van der Waals surface area contributed by atoms with Crippen molar-refractivity contribution in [3.63, 3.8) is 0 Å². The van der Waals surface area contributed by atoms with E-state index in [2.05, 4.69) is 4.98 Å². The van der Waals surface area contributed by atoms with Crippen LogP contribution >= 0.6 is 0 Å². The van der Waals surface area contributed by atoms with Crippen molar-refractivity contribution in [2.75, 3.05) is 12.0 Å². The van der Waals surface area contributed by atoms with E-state index in [0.717, 1.165) is 17.0 Å². The van der Waals surface area contributed by atoms with E-state index in [4.69, 9.17) is 0 Å². The Morgan fingerprint density at radius 1 is 1.17 bits per heavy atom. The third-order valence-electron chi connectivity index (χ3n) is 4.62. The molecule has 0 atom stereocenters. The van der Waals surface area contributed by atoms with E-state index < -0.39 is 32.5 Å². The molecule has 0 aliphatic heterocycles. The lowest BCUT2D eigenvalue weighted by Crippen LogP contribution is -2.33. The molecule has 1 heterocycles. The number of rotatable bonds is 6. The summed E-state index contributed by atoms with van der Waals surface area (Å²) in [7, 11) is -3.39. The molecule has 3 rings (SSSR count). The van der Waals surface area contributed by atoms with Gasteiger partial charge in [0.25, 0.3) is 5.56 Å². The SMILES string of the molecule is CS(=O)(=O)CCn1c(-c2ccccc2)ncc(C(=O)C2=C(O)CCCC2=O)c1=O. The second kappa shape index (κ2) is 8.12. The molecule has 0 spiro atoms. The molecule has 0 radical (unpaired) electrons. The number of benzene rings is 1. The van der Waals surface area contributed by atoms with Gasteiger partial charge >= 0.3 is 0 Å². The topological polar surface area (TPSA) is 123 Å². The van der Waals surface area contributed by atoms with Gasteiger partial charge in [-0.15, -0.1) is 0 Å². The van der Waals surface area contributed by atoms with Crippen molar-refractivity contribution >= 4 is 21.4 Å². The summed E-state index contributed by atoms with van der Waals surface area (Å²) >= 11 is 0. The highest BCUT2D eigenvalue weighted by Crippen LogP contribution is 2.23. The molecule has 1 aromatic carbocycles. The monoisotopic (exact) mass is 416 g/mol. The lowest BCUT2D eigenvalue weighted by molar-refractivity contribution is -0.116. The van der Waals surface area contributed by atoms with Crippen molar-refractivity contribution in [2.24, 2.45) is 0 Å². The first kappa shape index (κ1) is 20.7. The quantitative estimate of drug-likeness (QED) is 0.561. The van der Waals surface area contributed by atoms with Crippen LogP contribution in [0.2, 0.25) is 0 Å². The Kier molecular flexibility index (Phi) is 5.78. The van der Waals surface area contributed by atoms with Gasteiger partial charge in [0.15, 0.2) is 5.78 Å². The first-order valence-corrected chi connectivity index (χ1v) is 11.1. The van der Waals surface area contributed by atoms with Gasteiger partial charge < -0.3 is 5.11 Å². The highest BCUT2D eigenvalue weighted by Gasteiger charge is 2.30. The van der Waals surface area contributed by atoms with E-state index in [0.29, 0.717) is 12.0 Å². The van der Waals surface area contributed by atoms with Crippen LogP contribution in [0.3, 0.4) is 0 Å². The lowest BCUT2D eigenvalue weighted by atomic mass is 9.91. The number of hydrogen-bond acceptors (Lipinski definition) is 7. The largest absolute Gasteiger partial charge is 0.511 e. The van der Waals surface area contributed by atoms with E-state index in [1.807, 2.05) is 0 Å². The minimum absolute atomic E-state index is 0.114. The summed E-state index contributed by atoms with van der Waals surface area (Å²) in [5.41, 5.74) is -0.952. The standard InChI is InChI=1S/C20H20N2O6S/c1-29(27,28)11-10-22-19(13-6-3-2-4-7-13)21-12-14(20(22)26)18(25)17-15(23)8-5-9-16(17)24/h2-4,6-7,12,23H,5,8-11H2,1H3. The first-order valence-electron chi connectivity index (χ1n) is 9.02. The second-order valence-corrected chi connectivity index (χ2v) is 9.14. The molecule has 0 amide bonds. The Morgan fingerprint density at radius 2 is 1.86 bits per heavy atom. The Hall–Kier alpha value is -3.07. The van der Waals surface area contributed by atoms with Gasteiger partial charge in [0.2, 0.25) is 5.78 Å². The number of nitrogens with zero attached hydrogens (tertiary/aromatic N) is 2. The van der Waals surface area contributed by atoms with Crippen LogP contribution in [-0.2, 0) is 21.2 Å². The average molecular weight is 416 g/mol. The fourth-order valence-corrected chi connectivity index (χ4v) is 3.66. The summed E-state index contributed by atoms with van der Waals surface area (Å²) in [5.74, 6) is -1.85. The van der Waals surface area contributed by atoms with E-state index in [1.54, 1.807) is 30.3 Å². The van der Waals surface area contributed by atoms with Gasteiger partial charge in [-0.05, 0) is 6.42 Å². The zero-order chi connectivity index (χ0) is 21.2. The third kappa shape index (κ3) is 4.51. The molecule has 1 aliphatic rings. The van der Waals surface area contributed by atoms with E-state index in [-0.39, 0.29) is 42.3 Å².